The van der Waals surface area contributed by atoms with E-state index in [1.165, 1.54) is 23.1 Å². The number of ether oxygens (including phenoxy) is 1. The van der Waals surface area contributed by atoms with E-state index < -0.39 is 17.8 Å². The van der Waals surface area contributed by atoms with Crippen molar-refractivity contribution in [3.8, 4) is 0 Å². The first-order valence-corrected chi connectivity index (χ1v) is 16.5. The second-order valence-electron chi connectivity index (χ2n) is 10.2. The molecule has 0 bridgehead atoms. The second-order valence-corrected chi connectivity index (χ2v) is 12.4. The molecular weight excluding hydrogens is 607 g/mol. The van der Waals surface area contributed by atoms with Gasteiger partial charge in [0, 0.05) is 21.0 Å². The van der Waals surface area contributed by atoms with Gasteiger partial charge in [-0.25, -0.2) is 4.79 Å². The van der Waals surface area contributed by atoms with Crippen LogP contribution in [0.3, 0.4) is 0 Å². The molecule has 3 amide bonds. The number of carbonyl (C=O) groups excluding carboxylic acids is 4. The number of benzene rings is 3. The molecule has 0 radical (unpaired) electrons. The van der Waals surface area contributed by atoms with E-state index in [0.29, 0.717) is 21.8 Å². The number of esters is 1. The van der Waals surface area contributed by atoms with Crippen molar-refractivity contribution in [1.82, 2.24) is 5.32 Å². The number of anilines is 2. The first-order valence-electron chi connectivity index (χ1n) is 14.7. The minimum atomic E-state index is -0.490. The van der Waals surface area contributed by atoms with Gasteiger partial charge in [0.25, 0.3) is 11.8 Å². The number of carbonyl (C=O) groups is 4. The van der Waals surface area contributed by atoms with Crippen LogP contribution in [0.15, 0.2) is 95.5 Å². The topological polar surface area (TPSA) is 114 Å². The van der Waals surface area contributed by atoms with Gasteiger partial charge in [0.2, 0.25) is 5.91 Å². The van der Waals surface area contributed by atoms with Crippen LogP contribution >= 0.6 is 23.1 Å². The molecule has 1 aromatic heterocycles. The number of amides is 3. The van der Waals surface area contributed by atoms with Crippen LogP contribution in [0.25, 0.3) is 6.08 Å². The van der Waals surface area contributed by atoms with E-state index in [1.54, 1.807) is 55.5 Å². The third kappa shape index (κ3) is 8.49. The lowest BCUT2D eigenvalue weighted by Gasteiger charge is -2.12. The summed E-state index contributed by atoms with van der Waals surface area (Å²) in [6, 6.07) is 25.1. The fraction of sp³-hybridized carbons (Fsp3) is 0.200. The summed E-state index contributed by atoms with van der Waals surface area (Å²) in [6.07, 6.45) is 5.39. The van der Waals surface area contributed by atoms with Crippen LogP contribution in [0.1, 0.15) is 56.5 Å². The van der Waals surface area contributed by atoms with Crippen LogP contribution in [0.5, 0.6) is 0 Å². The Morgan fingerprint density at radius 3 is 2.38 bits per heavy atom. The fourth-order valence-electron chi connectivity index (χ4n) is 4.91. The zero-order chi connectivity index (χ0) is 31.6. The first kappa shape index (κ1) is 31.7. The lowest BCUT2D eigenvalue weighted by atomic mass is 9.95. The number of fused-ring (bicyclic) bond motifs is 1. The Kier molecular flexibility index (Phi) is 10.8. The molecule has 4 aromatic rings. The molecular formula is C35H33N3O5S2. The Morgan fingerprint density at radius 1 is 0.889 bits per heavy atom. The molecule has 3 aromatic carbocycles. The summed E-state index contributed by atoms with van der Waals surface area (Å²) in [5.41, 5.74) is 3.26. The number of thiophene rings is 1. The van der Waals surface area contributed by atoms with E-state index >= 15 is 0 Å². The minimum absolute atomic E-state index is 0.0866. The Bertz CT molecular complexity index is 1720. The quantitative estimate of drug-likeness (QED) is 0.0931. The van der Waals surface area contributed by atoms with Crippen LogP contribution in [0, 0.1) is 0 Å². The Hall–Kier alpha value is -4.67. The Morgan fingerprint density at radius 2 is 1.62 bits per heavy atom. The molecule has 0 unspecified atom stereocenters. The maximum atomic E-state index is 13.4. The van der Waals surface area contributed by atoms with Gasteiger partial charge < -0.3 is 20.7 Å². The minimum Gasteiger partial charge on any atom is -0.462 e. The number of rotatable bonds is 11. The molecule has 1 aliphatic rings. The lowest BCUT2D eigenvalue weighted by Crippen LogP contribution is -2.30. The molecule has 1 heterocycles. The number of thioether (sulfide) groups is 1. The summed E-state index contributed by atoms with van der Waals surface area (Å²) in [5.74, 6) is -1.43. The van der Waals surface area contributed by atoms with Gasteiger partial charge in [-0.05, 0) is 80.1 Å². The van der Waals surface area contributed by atoms with Crippen molar-refractivity contribution in [3.05, 3.63) is 118 Å². The van der Waals surface area contributed by atoms with Crippen molar-refractivity contribution >= 4 is 63.6 Å². The molecule has 0 saturated carbocycles. The molecule has 230 valence electrons. The van der Waals surface area contributed by atoms with Crippen molar-refractivity contribution in [2.45, 2.75) is 37.5 Å². The van der Waals surface area contributed by atoms with Crippen LogP contribution < -0.4 is 16.0 Å². The average Bonchev–Trinajstić information content (AvgIpc) is 3.42. The van der Waals surface area contributed by atoms with E-state index in [-0.39, 0.29) is 24.0 Å². The molecule has 5 rings (SSSR count). The van der Waals surface area contributed by atoms with Crippen molar-refractivity contribution in [2.24, 2.45) is 0 Å². The summed E-state index contributed by atoms with van der Waals surface area (Å²) in [5, 5.41) is 9.08. The summed E-state index contributed by atoms with van der Waals surface area (Å²) < 4.78 is 5.29. The average molecular weight is 640 g/mol. The predicted octanol–water partition coefficient (Wildman–Crippen LogP) is 6.94. The zero-order valence-electron chi connectivity index (χ0n) is 24.8. The normalized spacial score (nSPS) is 12.5. The van der Waals surface area contributed by atoms with Crippen molar-refractivity contribution in [3.63, 3.8) is 0 Å². The smallest absolute Gasteiger partial charge is 0.341 e. The summed E-state index contributed by atoms with van der Waals surface area (Å²) in [4.78, 5) is 53.9. The van der Waals surface area contributed by atoms with E-state index in [2.05, 4.69) is 16.0 Å². The van der Waals surface area contributed by atoms with Gasteiger partial charge in [-0.15, -0.1) is 23.1 Å². The highest BCUT2D eigenvalue weighted by Crippen LogP contribution is 2.38. The molecule has 10 heteroatoms. The second kappa shape index (κ2) is 15.4. The zero-order valence-corrected chi connectivity index (χ0v) is 26.4. The third-order valence-corrected chi connectivity index (χ3v) is 9.21. The maximum absolute atomic E-state index is 13.4. The van der Waals surface area contributed by atoms with Gasteiger partial charge in [0.15, 0.2) is 0 Å². The Balaban J connectivity index is 1.25. The van der Waals surface area contributed by atoms with Crippen molar-refractivity contribution in [2.75, 3.05) is 23.0 Å². The fourth-order valence-corrected chi connectivity index (χ4v) is 6.95. The van der Waals surface area contributed by atoms with Gasteiger partial charge in [0.05, 0.1) is 17.9 Å². The van der Waals surface area contributed by atoms with Gasteiger partial charge in [-0.1, -0.05) is 54.6 Å². The van der Waals surface area contributed by atoms with E-state index in [0.717, 1.165) is 46.6 Å². The highest BCUT2D eigenvalue weighted by atomic mass is 32.2. The molecule has 0 aliphatic heterocycles. The first-order chi connectivity index (χ1) is 21.9. The van der Waals surface area contributed by atoms with Crippen molar-refractivity contribution in [1.29, 1.82) is 0 Å². The molecule has 0 fully saturated rings. The van der Waals surface area contributed by atoms with Gasteiger partial charge in [-0.3, -0.25) is 14.4 Å². The lowest BCUT2D eigenvalue weighted by molar-refractivity contribution is -0.114. The molecule has 0 atom stereocenters. The maximum Gasteiger partial charge on any atom is 0.341 e. The molecule has 0 spiro atoms. The van der Waals surface area contributed by atoms with Crippen LogP contribution in [-0.2, 0) is 27.2 Å². The number of hydrogen-bond donors (Lipinski definition) is 3. The Labute approximate surface area is 270 Å². The summed E-state index contributed by atoms with van der Waals surface area (Å²) >= 11 is 2.76. The monoisotopic (exact) mass is 639 g/mol. The van der Waals surface area contributed by atoms with Gasteiger partial charge >= 0.3 is 5.97 Å². The molecule has 1 aliphatic carbocycles. The summed E-state index contributed by atoms with van der Waals surface area (Å²) in [7, 11) is 0. The molecule has 3 N–H and O–H groups in total. The number of aryl methyl sites for hydroxylation is 1. The highest BCUT2D eigenvalue weighted by Gasteiger charge is 2.27. The highest BCUT2D eigenvalue weighted by molar-refractivity contribution is 8.00. The van der Waals surface area contributed by atoms with E-state index in [9.17, 15) is 19.2 Å². The molecule has 45 heavy (non-hydrogen) atoms. The predicted molar refractivity (Wildman–Crippen MR) is 180 cm³/mol. The van der Waals surface area contributed by atoms with Crippen LogP contribution in [0.4, 0.5) is 10.7 Å². The third-order valence-electron chi connectivity index (χ3n) is 7.01. The standard InChI is InChI=1S/C35H33N3O5S2/c1-2-43-35(42)31-27-18-9-10-19-29(27)45-34(31)38-30(39)22-44-26-17-11-16-25(21-26)36-33(41)28(20-23-12-5-3-6-13-23)37-32(40)24-14-7-4-8-15-24/h3-8,11-17,20-21H,2,9-10,18-19,22H2,1H3,(H,36,41)(H,37,40)(H,38,39)/b28-20-. The number of hydrogen-bond acceptors (Lipinski definition) is 7. The molecule has 0 saturated heterocycles. The summed E-state index contributed by atoms with van der Waals surface area (Å²) in [6.45, 7) is 2.03. The van der Waals surface area contributed by atoms with Gasteiger partial charge in [-0.2, -0.15) is 0 Å². The van der Waals surface area contributed by atoms with Crippen LogP contribution in [0.2, 0.25) is 0 Å². The van der Waals surface area contributed by atoms with E-state index in [4.69, 9.17) is 4.74 Å². The van der Waals surface area contributed by atoms with Gasteiger partial charge in [0.1, 0.15) is 10.7 Å². The molecule has 8 nitrogen and oxygen atoms in total. The van der Waals surface area contributed by atoms with Crippen molar-refractivity contribution < 1.29 is 23.9 Å². The van der Waals surface area contributed by atoms with E-state index in [1.807, 2.05) is 42.5 Å². The SMILES string of the molecule is CCOC(=O)c1c(NC(=O)CSc2cccc(NC(=O)/C(=C/c3ccccc3)NC(=O)c3ccccc3)c2)sc2c1CCCC2. The van der Waals surface area contributed by atoms with Crippen LogP contribution in [-0.4, -0.2) is 36.1 Å². The largest absolute Gasteiger partial charge is 0.462 e. The number of nitrogens with one attached hydrogen (secondary N) is 3.